The van der Waals surface area contributed by atoms with Gasteiger partial charge in [0.1, 0.15) is 13.2 Å². The molecular formula is C36H73N2O6P. The van der Waals surface area contributed by atoms with E-state index in [1.54, 1.807) is 0 Å². The third-order valence-corrected chi connectivity index (χ3v) is 9.22. The monoisotopic (exact) mass is 661 g/mol. The van der Waals surface area contributed by atoms with E-state index in [2.05, 4.69) is 31.3 Å². The van der Waals surface area contributed by atoms with Gasteiger partial charge in [-0.05, 0) is 38.5 Å². The smallest absolute Gasteiger partial charge is 0.268 e. The van der Waals surface area contributed by atoms with Crippen molar-refractivity contribution in [3.8, 4) is 0 Å². The van der Waals surface area contributed by atoms with Crippen molar-refractivity contribution in [3.05, 3.63) is 12.2 Å². The minimum atomic E-state index is -4.54. The lowest BCUT2D eigenvalue weighted by molar-refractivity contribution is -0.870. The lowest BCUT2D eigenvalue weighted by Crippen LogP contribution is -2.46. The number of hydrogen-bond acceptors (Lipinski definition) is 6. The van der Waals surface area contributed by atoms with E-state index in [-0.39, 0.29) is 19.1 Å². The molecule has 0 aliphatic heterocycles. The highest BCUT2D eigenvalue weighted by atomic mass is 31.2. The number of nitrogens with zero attached hydrogens (tertiary/aromatic N) is 1. The summed E-state index contributed by atoms with van der Waals surface area (Å²) in [5.41, 5.74) is 0. The number of carbonyl (C=O) groups excluding carboxylic acids is 1. The van der Waals surface area contributed by atoms with Gasteiger partial charge in [0.15, 0.2) is 0 Å². The molecule has 0 aromatic carbocycles. The minimum Gasteiger partial charge on any atom is -0.756 e. The van der Waals surface area contributed by atoms with Crippen molar-refractivity contribution in [2.24, 2.45) is 0 Å². The van der Waals surface area contributed by atoms with Crippen LogP contribution in [0.1, 0.15) is 162 Å². The topological polar surface area (TPSA) is 108 Å². The van der Waals surface area contributed by atoms with Gasteiger partial charge in [-0.15, -0.1) is 0 Å². The highest BCUT2D eigenvalue weighted by molar-refractivity contribution is 7.45. The van der Waals surface area contributed by atoms with Gasteiger partial charge in [-0.25, -0.2) is 0 Å². The molecule has 0 aliphatic rings. The van der Waals surface area contributed by atoms with Crippen molar-refractivity contribution in [2.45, 2.75) is 174 Å². The van der Waals surface area contributed by atoms with Gasteiger partial charge in [-0.3, -0.25) is 9.36 Å². The third-order valence-electron chi connectivity index (χ3n) is 8.25. The highest BCUT2D eigenvalue weighted by Gasteiger charge is 2.24. The van der Waals surface area contributed by atoms with Crippen LogP contribution in [-0.4, -0.2) is 68.5 Å². The Bertz CT molecular complexity index is 758. The second-order valence-corrected chi connectivity index (χ2v) is 15.3. The summed E-state index contributed by atoms with van der Waals surface area (Å²) >= 11 is 0. The Hall–Kier alpha value is -0.760. The molecule has 2 N–H and O–H groups in total. The van der Waals surface area contributed by atoms with Crippen LogP contribution < -0.4 is 10.2 Å². The van der Waals surface area contributed by atoms with Gasteiger partial charge < -0.3 is 28.8 Å². The Morgan fingerprint density at radius 2 is 1.22 bits per heavy atom. The Kier molecular flexibility index (Phi) is 28.9. The van der Waals surface area contributed by atoms with Crippen LogP contribution in [0, 0.1) is 0 Å². The summed E-state index contributed by atoms with van der Waals surface area (Å²) in [6.07, 6.45) is 29.8. The number of nitrogens with one attached hydrogen (secondary N) is 1. The number of unbranched alkanes of at least 4 members (excludes halogenated alkanes) is 18. The van der Waals surface area contributed by atoms with E-state index < -0.39 is 20.0 Å². The number of carbonyl (C=O) groups is 1. The van der Waals surface area contributed by atoms with Crippen molar-refractivity contribution in [3.63, 3.8) is 0 Å². The summed E-state index contributed by atoms with van der Waals surface area (Å²) in [4.78, 5) is 24.9. The minimum absolute atomic E-state index is 0.0118. The van der Waals surface area contributed by atoms with Gasteiger partial charge in [0.05, 0.1) is 39.9 Å². The van der Waals surface area contributed by atoms with Crippen LogP contribution >= 0.6 is 7.82 Å². The second-order valence-electron chi connectivity index (χ2n) is 13.9. The zero-order valence-corrected chi connectivity index (χ0v) is 31.0. The maximum Gasteiger partial charge on any atom is 0.268 e. The van der Waals surface area contributed by atoms with Crippen LogP contribution in [0.3, 0.4) is 0 Å². The molecule has 0 radical (unpaired) electrons. The fourth-order valence-electron chi connectivity index (χ4n) is 5.21. The van der Waals surface area contributed by atoms with Crippen molar-refractivity contribution >= 4 is 13.7 Å². The average molecular weight is 661 g/mol. The average Bonchev–Trinajstić information content (AvgIpc) is 2.97. The Balaban J connectivity index is 4.12. The molecule has 1 amide bonds. The number of amides is 1. The van der Waals surface area contributed by atoms with E-state index in [0.29, 0.717) is 23.9 Å². The lowest BCUT2D eigenvalue weighted by Gasteiger charge is -2.30. The van der Waals surface area contributed by atoms with Crippen LogP contribution in [0.15, 0.2) is 12.2 Å². The predicted octanol–water partition coefficient (Wildman–Crippen LogP) is 8.61. The SMILES string of the molecule is CCCCCCCC/C=C\CCCCCCCCCCCC(=O)NC(COP(=O)([O-])OCC[N+](C)(C)C)C(O)CCCCCC. The Labute approximate surface area is 278 Å². The number of aliphatic hydroxyl groups is 1. The molecule has 3 atom stereocenters. The summed E-state index contributed by atoms with van der Waals surface area (Å²) in [5, 5.41) is 13.6. The second kappa shape index (κ2) is 29.4. The van der Waals surface area contributed by atoms with Crippen molar-refractivity contribution < 1.29 is 32.9 Å². The molecule has 0 spiro atoms. The van der Waals surface area contributed by atoms with E-state index >= 15 is 0 Å². The lowest BCUT2D eigenvalue weighted by atomic mass is 10.0. The van der Waals surface area contributed by atoms with Gasteiger partial charge in [-0.1, -0.05) is 129 Å². The number of aliphatic hydroxyl groups excluding tert-OH is 1. The Morgan fingerprint density at radius 3 is 1.73 bits per heavy atom. The van der Waals surface area contributed by atoms with Crippen molar-refractivity contribution in [2.75, 3.05) is 40.9 Å². The predicted molar refractivity (Wildman–Crippen MR) is 187 cm³/mol. The van der Waals surface area contributed by atoms with E-state index in [1.165, 1.54) is 89.9 Å². The fraction of sp³-hybridized carbons (Fsp3) is 0.917. The molecule has 0 aromatic rings. The molecule has 0 heterocycles. The van der Waals surface area contributed by atoms with E-state index in [0.717, 1.165) is 44.9 Å². The molecule has 9 heteroatoms. The maximum absolute atomic E-state index is 12.7. The molecule has 0 aliphatic carbocycles. The highest BCUT2D eigenvalue weighted by Crippen LogP contribution is 2.38. The fourth-order valence-corrected chi connectivity index (χ4v) is 5.93. The molecule has 0 rings (SSSR count). The molecule has 268 valence electrons. The van der Waals surface area contributed by atoms with Gasteiger partial charge in [-0.2, -0.15) is 0 Å². The Morgan fingerprint density at radius 1 is 0.756 bits per heavy atom. The normalized spacial score (nSPS) is 14.9. The summed E-state index contributed by atoms with van der Waals surface area (Å²) in [6.45, 7) is 4.57. The molecule has 0 bridgehead atoms. The molecule has 3 unspecified atom stereocenters. The number of quaternary nitrogens is 1. The van der Waals surface area contributed by atoms with E-state index in [9.17, 15) is 19.4 Å². The molecule has 45 heavy (non-hydrogen) atoms. The molecule has 8 nitrogen and oxygen atoms in total. The first-order chi connectivity index (χ1) is 21.5. The standard InChI is InChI=1S/C36H73N2O6P/c1-6-8-10-12-13-14-15-16-17-18-19-20-21-22-23-24-25-26-28-30-36(40)37-34(35(39)29-27-11-9-7-2)33-44-45(41,42)43-32-31-38(3,4)5/h16-17,34-35,39H,6-15,18-33H2,1-5H3,(H-,37,40,41,42)/b17-16-. The van der Waals surface area contributed by atoms with Gasteiger partial charge in [0.2, 0.25) is 5.91 Å². The maximum atomic E-state index is 12.7. The van der Waals surface area contributed by atoms with Crippen LogP contribution in [0.5, 0.6) is 0 Å². The van der Waals surface area contributed by atoms with Crippen LogP contribution in [0.4, 0.5) is 0 Å². The molecule has 0 saturated carbocycles. The van der Waals surface area contributed by atoms with E-state index in [1.807, 2.05) is 21.1 Å². The van der Waals surface area contributed by atoms with Crippen LogP contribution in [-0.2, 0) is 18.4 Å². The number of phosphoric ester groups is 1. The van der Waals surface area contributed by atoms with Gasteiger partial charge >= 0.3 is 0 Å². The quantitative estimate of drug-likeness (QED) is 0.0316. The van der Waals surface area contributed by atoms with Crippen LogP contribution in [0.2, 0.25) is 0 Å². The van der Waals surface area contributed by atoms with Crippen molar-refractivity contribution in [1.82, 2.24) is 5.32 Å². The summed E-state index contributed by atoms with van der Waals surface area (Å²) < 4.78 is 22.9. The summed E-state index contributed by atoms with van der Waals surface area (Å²) in [6, 6.07) is -0.792. The summed E-state index contributed by atoms with van der Waals surface area (Å²) in [7, 11) is 1.30. The molecular weight excluding hydrogens is 587 g/mol. The number of rotatable bonds is 33. The zero-order valence-electron chi connectivity index (χ0n) is 30.1. The van der Waals surface area contributed by atoms with Gasteiger partial charge in [0, 0.05) is 6.42 Å². The summed E-state index contributed by atoms with van der Waals surface area (Å²) in [5.74, 6) is -0.177. The van der Waals surface area contributed by atoms with Crippen LogP contribution in [0.25, 0.3) is 0 Å². The van der Waals surface area contributed by atoms with E-state index in [4.69, 9.17) is 9.05 Å². The van der Waals surface area contributed by atoms with Crippen molar-refractivity contribution in [1.29, 1.82) is 0 Å². The molecule has 0 aromatic heterocycles. The molecule has 0 saturated heterocycles. The number of likely N-dealkylation sites (N-methyl/N-ethyl adjacent to an activating group) is 1. The zero-order chi connectivity index (χ0) is 33.7. The molecule has 0 fully saturated rings. The first kappa shape index (κ1) is 44.2. The first-order valence-corrected chi connectivity index (χ1v) is 20.0. The first-order valence-electron chi connectivity index (χ1n) is 18.5. The third kappa shape index (κ3) is 31.6. The largest absolute Gasteiger partial charge is 0.756 e. The number of hydrogen-bond donors (Lipinski definition) is 2. The number of allylic oxidation sites excluding steroid dienone is 2. The van der Waals surface area contributed by atoms with Gasteiger partial charge in [0.25, 0.3) is 7.82 Å². The number of phosphoric acid groups is 1.